The van der Waals surface area contributed by atoms with Crippen LogP contribution in [0.1, 0.15) is 29.0 Å². The molecule has 6 heteroatoms. The molecule has 0 amide bonds. The number of methoxy groups -OCH3 is 1. The van der Waals surface area contributed by atoms with Crippen LogP contribution in [0, 0.1) is 0 Å². The average Bonchev–Trinajstić information content (AvgIpc) is 2.78. The van der Waals surface area contributed by atoms with Gasteiger partial charge in [0.15, 0.2) is 0 Å². The normalized spacial score (nSPS) is 21.2. The summed E-state index contributed by atoms with van der Waals surface area (Å²) >= 11 is 11.0. The van der Waals surface area contributed by atoms with E-state index in [2.05, 4.69) is 15.9 Å². The van der Waals surface area contributed by atoms with Crippen LogP contribution in [-0.4, -0.2) is 7.11 Å². The molecular formula is C14H13BrClNO2S. The number of hydrogen-bond donors (Lipinski definition) is 1. The number of ether oxygens (including phenoxy) is 2. The second-order valence-corrected chi connectivity index (χ2v) is 7.16. The van der Waals surface area contributed by atoms with Crippen molar-refractivity contribution in [3.05, 3.63) is 43.5 Å². The maximum atomic E-state index is 6.27. The van der Waals surface area contributed by atoms with Gasteiger partial charge in [-0.2, -0.15) is 0 Å². The van der Waals surface area contributed by atoms with E-state index in [0.717, 1.165) is 37.2 Å². The van der Waals surface area contributed by atoms with Crippen LogP contribution in [0.15, 0.2) is 28.7 Å². The maximum absolute atomic E-state index is 6.27. The van der Waals surface area contributed by atoms with Crippen molar-refractivity contribution >= 4 is 38.9 Å². The second kappa shape index (κ2) is 5.56. The third-order valence-corrected chi connectivity index (χ3v) is 5.90. The Morgan fingerprint density at radius 1 is 1.45 bits per heavy atom. The SMILES string of the molecule is COc1ccc2c(c1)[C@H](N)CC(c1cc(Br)c(Cl)s1)O2. The van der Waals surface area contributed by atoms with Gasteiger partial charge in [-0.05, 0) is 40.2 Å². The topological polar surface area (TPSA) is 44.5 Å². The molecule has 1 unspecified atom stereocenters. The van der Waals surface area contributed by atoms with Crippen LogP contribution >= 0.6 is 38.9 Å². The molecule has 1 aromatic heterocycles. The monoisotopic (exact) mass is 373 g/mol. The summed E-state index contributed by atoms with van der Waals surface area (Å²) in [5.74, 6) is 1.61. The molecule has 1 aliphatic rings. The Bertz CT molecular complexity index is 627. The van der Waals surface area contributed by atoms with Gasteiger partial charge in [-0.3, -0.25) is 0 Å². The number of benzene rings is 1. The predicted molar refractivity (Wildman–Crippen MR) is 84.9 cm³/mol. The van der Waals surface area contributed by atoms with E-state index in [1.165, 1.54) is 11.3 Å². The number of nitrogens with two attached hydrogens (primary N) is 1. The quantitative estimate of drug-likeness (QED) is 0.829. The molecule has 0 radical (unpaired) electrons. The molecule has 0 aliphatic carbocycles. The molecule has 3 nitrogen and oxygen atoms in total. The predicted octanol–water partition coefficient (Wildman–Crippen LogP) is 4.70. The van der Waals surface area contributed by atoms with Gasteiger partial charge in [0, 0.05) is 27.4 Å². The Morgan fingerprint density at radius 2 is 2.25 bits per heavy atom. The summed E-state index contributed by atoms with van der Waals surface area (Å²) in [6.07, 6.45) is 0.670. The van der Waals surface area contributed by atoms with Crippen LogP contribution in [0.25, 0.3) is 0 Å². The number of thiophene rings is 1. The van der Waals surface area contributed by atoms with E-state index in [4.69, 9.17) is 26.8 Å². The molecule has 2 N–H and O–H groups in total. The first-order valence-electron chi connectivity index (χ1n) is 6.13. The minimum Gasteiger partial charge on any atom is -0.497 e. The molecule has 1 aliphatic heterocycles. The largest absolute Gasteiger partial charge is 0.497 e. The van der Waals surface area contributed by atoms with Crippen molar-refractivity contribution in [2.75, 3.05) is 7.11 Å². The van der Waals surface area contributed by atoms with Gasteiger partial charge in [0.1, 0.15) is 21.9 Å². The Morgan fingerprint density at radius 3 is 2.90 bits per heavy atom. The lowest BCUT2D eigenvalue weighted by atomic mass is 9.96. The van der Waals surface area contributed by atoms with Crippen LogP contribution in [-0.2, 0) is 0 Å². The van der Waals surface area contributed by atoms with Gasteiger partial charge in [0.25, 0.3) is 0 Å². The molecule has 20 heavy (non-hydrogen) atoms. The van der Waals surface area contributed by atoms with Gasteiger partial charge in [-0.25, -0.2) is 0 Å². The van der Waals surface area contributed by atoms with Crippen molar-refractivity contribution in [3.8, 4) is 11.5 Å². The number of fused-ring (bicyclic) bond motifs is 1. The Hall–Kier alpha value is -0.750. The van der Waals surface area contributed by atoms with Crippen LogP contribution in [0.3, 0.4) is 0 Å². The third-order valence-electron chi connectivity index (χ3n) is 3.34. The molecule has 2 heterocycles. The highest BCUT2D eigenvalue weighted by molar-refractivity contribution is 9.10. The summed E-state index contributed by atoms with van der Waals surface area (Å²) in [5.41, 5.74) is 7.26. The zero-order valence-corrected chi connectivity index (χ0v) is 13.9. The fourth-order valence-corrected chi connectivity index (χ4v) is 4.08. The van der Waals surface area contributed by atoms with Crippen molar-refractivity contribution in [1.29, 1.82) is 0 Å². The van der Waals surface area contributed by atoms with Crippen molar-refractivity contribution < 1.29 is 9.47 Å². The molecule has 0 bridgehead atoms. The molecule has 0 fully saturated rings. The second-order valence-electron chi connectivity index (χ2n) is 4.62. The molecule has 1 aromatic carbocycles. The minimum absolute atomic E-state index is 0.0558. The minimum atomic E-state index is -0.0708. The Balaban J connectivity index is 1.92. The van der Waals surface area contributed by atoms with E-state index in [0.29, 0.717) is 0 Å². The van der Waals surface area contributed by atoms with Crippen LogP contribution in [0.4, 0.5) is 0 Å². The van der Waals surface area contributed by atoms with E-state index in [9.17, 15) is 0 Å². The van der Waals surface area contributed by atoms with E-state index in [1.54, 1.807) is 7.11 Å². The number of halogens is 2. The number of rotatable bonds is 2. The van der Waals surface area contributed by atoms with Gasteiger partial charge in [-0.15, -0.1) is 11.3 Å². The zero-order valence-electron chi connectivity index (χ0n) is 10.7. The van der Waals surface area contributed by atoms with E-state index >= 15 is 0 Å². The summed E-state index contributed by atoms with van der Waals surface area (Å²) in [6, 6.07) is 7.65. The summed E-state index contributed by atoms with van der Waals surface area (Å²) in [6.45, 7) is 0. The average molecular weight is 375 g/mol. The molecule has 0 spiro atoms. The zero-order chi connectivity index (χ0) is 14.3. The molecular weight excluding hydrogens is 362 g/mol. The smallest absolute Gasteiger partial charge is 0.135 e. The lowest BCUT2D eigenvalue weighted by Gasteiger charge is -2.30. The standard InChI is InChI=1S/C14H13BrClNO2S/c1-18-7-2-3-11-8(4-7)10(17)6-12(19-11)13-5-9(15)14(16)20-13/h2-5,10,12H,6,17H2,1H3/t10-,12?/m1/s1. The van der Waals surface area contributed by atoms with Crippen molar-refractivity contribution in [3.63, 3.8) is 0 Å². The molecule has 106 valence electrons. The van der Waals surface area contributed by atoms with E-state index < -0.39 is 0 Å². The summed E-state index contributed by atoms with van der Waals surface area (Å²) in [7, 11) is 1.64. The fourth-order valence-electron chi connectivity index (χ4n) is 2.31. The summed E-state index contributed by atoms with van der Waals surface area (Å²) in [4.78, 5) is 1.08. The number of hydrogen-bond acceptors (Lipinski definition) is 4. The van der Waals surface area contributed by atoms with E-state index in [-0.39, 0.29) is 12.1 Å². The van der Waals surface area contributed by atoms with Gasteiger partial charge in [0.2, 0.25) is 0 Å². The molecule has 0 saturated heterocycles. The van der Waals surface area contributed by atoms with Crippen molar-refractivity contribution in [2.24, 2.45) is 5.73 Å². The highest BCUT2D eigenvalue weighted by Crippen LogP contribution is 2.44. The van der Waals surface area contributed by atoms with Gasteiger partial charge in [-0.1, -0.05) is 11.6 Å². The van der Waals surface area contributed by atoms with Crippen LogP contribution in [0.2, 0.25) is 4.34 Å². The first-order valence-corrected chi connectivity index (χ1v) is 8.12. The molecule has 0 saturated carbocycles. The summed E-state index contributed by atoms with van der Waals surface area (Å²) in [5, 5.41) is 0. The molecule has 3 rings (SSSR count). The first kappa shape index (κ1) is 14.2. The van der Waals surface area contributed by atoms with Gasteiger partial charge >= 0.3 is 0 Å². The fraction of sp³-hybridized carbons (Fsp3) is 0.286. The first-order chi connectivity index (χ1) is 9.58. The van der Waals surface area contributed by atoms with Crippen molar-refractivity contribution in [2.45, 2.75) is 18.6 Å². The highest BCUT2D eigenvalue weighted by Gasteiger charge is 2.29. The maximum Gasteiger partial charge on any atom is 0.135 e. The van der Waals surface area contributed by atoms with Crippen LogP contribution in [0.5, 0.6) is 11.5 Å². The van der Waals surface area contributed by atoms with Gasteiger partial charge < -0.3 is 15.2 Å². The van der Waals surface area contributed by atoms with Crippen molar-refractivity contribution in [1.82, 2.24) is 0 Å². The highest BCUT2D eigenvalue weighted by atomic mass is 79.9. The Kier molecular flexibility index (Phi) is 3.95. The Labute approximate surface area is 134 Å². The lowest BCUT2D eigenvalue weighted by molar-refractivity contribution is 0.164. The third kappa shape index (κ3) is 2.55. The van der Waals surface area contributed by atoms with Gasteiger partial charge in [0.05, 0.1) is 7.11 Å². The lowest BCUT2D eigenvalue weighted by Crippen LogP contribution is -2.23. The van der Waals surface area contributed by atoms with Crippen LogP contribution < -0.4 is 15.2 Å². The van der Waals surface area contributed by atoms with E-state index in [1.807, 2.05) is 24.3 Å². The summed E-state index contributed by atoms with van der Waals surface area (Å²) < 4.78 is 12.9. The molecule has 2 aromatic rings. The molecule has 2 atom stereocenters.